The number of rotatable bonds is 5. The summed E-state index contributed by atoms with van der Waals surface area (Å²) in [6, 6.07) is 0. The van der Waals surface area contributed by atoms with Crippen LogP contribution in [0.5, 0.6) is 0 Å². The molecule has 112 valence electrons. The summed E-state index contributed by atoms with van der Waals surface area (Å²) in [6.45, 7) is 4.50. The Balaban J connectivity index is 0.00000180. The van der Waals surface area contributed by atoms with E-state index in [4.69, 9.17) is 0 Å². The fourth-order valence-electron chi connectivity index (χ4n) is 2.70. The van der Waals surface area contributed by atoms with Gasteiger partial charge in [0.15, 0.2) is 5.96 Å². The van der Waals surface area contributed by atoms with Crippen molar-refractivity contribution in [2.75, 3.05) is 19.6 Å². The van der Waals surface area contributed by atoms with Crippen LogP contribution in [0.4, 0.5) is 0 Å². The molecule has 4 nitrogen and oxygen atoms in total. The van der Waals surface area contributed by atoms with Gasteiger partial charge in [0, 0.05) is 13.1 Å². The summed E-state index contributed by atoms with van der Waals surface area (Å²) in [5.41, 5.74) is -0.543. The summed E-state index contributed by atoms with van der Waals surface area (Å²) in [5, 5.41) is 16.9. The molecule has 2 rings (SSSR count). The molecule has 0 atom stereocenters. The molecule has 0 aromatic carbocycles. The molecule has 2 saturated carbocycles. The zero-order valence-corrected chi connectivity index (χ0v) is 14.3. The van der Waals surface area contributed by atoms with Gasteiger partial charge >= 0.3 is 0 Å². The first-order valence-electron chi connectivity index (χ1n) is 7.46. The molecule has 0 aromatic rings. The second-order valence-corrected chi connectivity index (χ2v) is 5.80. The number of nitrogens with one attached hydrogen (secondary N) is 2. The summed E-state index contributed by atoms with van der Waals surface area (Å²) in [7, 11) is 0. The van der Waals surface area contributed by atoms with Crippen LogP contribution < -0.4 is 10.6 Å². The van der Waals surface area contributed by atoms with Gasteiger partial charge in [-0.05, 0) is 38.5 Å². The first kappa shape index (κ1) is 17.0. The van der Waals surface area contributed by atoms with E-state index in [0.717, 1.165) is 50.7 Å². The molecule has 5 heteroatoms. The van der Waals surface area contributed by atoms with Gasteiger partial charge in [-0.1, -0.05) is 19.3 Å². The lowest BCUT2D eigenvalue weighted by molar-refractivity contribution is 0.0574. The smallest absolute Gasteiger partial charge is 0.191 e. The molecule has 0 saturated heterocycles. The molecule has 0 heterocycles. The third-order valence-corrected chi connectivity index (χ3v) is 4.19. The Morgan fingerprint density at radius 1 is 1.21 bits per heavy atom. The maximum Gasteiger partial charge on any atom is 0.191 e. The van der Waals surface area contributed by atoms with Gasteiger partial charge in [0.1, 0.15) is 0 Å². The number of hydrogen-bond acceptors (Lipinski definition) is 2. The summed E-state index contributed by atoms with van der Waals surface area (Å²) in [4.78, 5) is 4.54. The molecule has 2 aliphatic rings. The van der Waals surface area contributed by atoms with Crippen molar-refractivity contribution >= 4 is 29.9 Å². The zero-order chi connectivity index (χ0) is 12.8. The number of nitrogens with zero attached hydrogens (tertiary/aromatic N) is 1. The molecule has 0 spiro atoms. The molecule has 0 aromatic heterocycles. The van der Waals surface area contributed by atoms with Gasteiger partial charge in [-0.3, -0.25) is 4.99 Å². The summed E-state index contributed by atoms with van der Waals surface area (Å²) >= 11 is 0. The van der Waals surface area contributed by atoms with Crippen LogP contribution in [0, 0.1) is 5.92 Å². The molecule has 19 heavy (non-hydrogen) atoms. The van der Waals surface area contributed by atoms with Crippen LogP contribution >= 0.6 is 24.0 Å². The first-order chi connectivity index (χ1) is 8.72. The molecule has 2 aliphatic carbocycles. The maximum absolute atomic E-state index is 10.3. The van der Waals surface area contributed by atoms with E-state index in [-0.39, 0.29) is 24.0 Å². The minimum Gasteiger partial charge on any atom is -0.388 e. The fraction of sp³-hybridized carbons (Fsp3) is 0.929. The second-order valence-electron chi connectivity index (χ2n) is 5.80. The van der Waals surface area contributed by atoms with Gasteiger partial charge in [0.2, 0.25) is 0 Å². The highest BCUT2D eigenvalue weighted by molar-refractivity contribution is 14.0. The highest BCUT2D eigenvalue weighted by Crippen LogP contribution is 2.29. The quantitative estimate of drug-likeness (QED) is 0.389. The number of aliphatic imine (C=N–C) groups is 1. The normalized spacial score (nSPS) is 22.5. The van der Waals surface area contributed by atoms with Crippen LogP contribution in [0.2, 0.25) is 0 Å². The lowest BCUT2D eigenvalue weighted by Crippen LogP contribution is -2.42. The standard InChI is InChI=1S/C14H27N3O.HI/c1-2-15-13(16-10-12-6-5-7-12)17-11-14(18)8-3-4-9-14;/h12,18H,2-11H2,1H3,(H2,15,16,17);1H. The van der Waals surface area contributed by atoms with E-state index in [1.165, 1.54) is 19.3 Å². The topological polar surface area (TPSA) is 56.7 Å². The number of hydrogen-bond donors (Lipinski definition) is 3. The van der Waals surface area contributed by atoms with E-state index in [1.807, 2.05) is 0 Å². The van der Waals surface area contributed by atoms with Crippen molar-refractivity contribution in [3.05, 3.63) is 0 Å². The lowest BCUT2D eigenvalue weighted by Gasteiger charge is -2.26. The number of aliphatic hydroxyl groups is 1. The Kier molecular flexibility index (Phi) is 7.42. The van der Waals surface area contributed by atoms with Crippen LogP contribution in [0.3, 0.4) is 0 Å². The highest BCUT2D eigenvalue weighted by Gasteiger charge is 2.30. The van der Waals surface area contributed by atoms with Crippen molar-refractivity contribution in [1.29, 1.82) is 0 Å². The molecule has 2 fully saturated rings. The van der Waals surface area contributed by atoms with E-state index in [0.29, 0.717) is 6.54 Å². The Labute approximate surface area is 133 Å². The minimum atomic E-state index is -0.543. The summed E-state index contributed by atoms with van der Waals surface area (Å²) in [5.74, 6) is 1.69. The van der Waals surface area contributed by atoms with E-state index in [1.54, 1.807) is 0 Å². The van der Waals surface area contributed by atoms with Crippen LogP contribution in [-0.4, -0.2) is 36.3 Å². The van der Waals surface area contributed by atoms with Crippen molar-refractivity contribution in [1.82, 2.24) is 10.6 Å². The third-order valence-electron chi connectivity index (χ3n) is 4.19. The maximum atomic E-state index is 10.3. The number of guanidine groups is 1. The molecule has 0 aliphatic heterocycles. The average Bonchev–Trinajstić information content (AvgIpc) is 2.71. The van der Waals surface area contributed by atoms with Crippen molar-refractivity contribution in [2.24, 2.45) is 10.9 Å². The van der Waals surface area contributed by atoms with E-state index >= 15 is 0 Å². The summed E-state index contributed by atoms with van der Waals surface area (Å²) < 4.78 is 0. The molecular weight excluding hydrogens is 353 g/mol. The predicted octanol–water partition coefficient (Wildman–Crippen LogP) is 2.26. The lowest BCUT2D eigenvalue weighted by atomic mass is 9.85. The molecule has 0 unspecified atom stereocenters. The van der Waals surface area contributed by atoms with Crippen molar-refractivity contribution < 1.29 is 5.11 Å². The van der Waals surface area contributed by atoms with Gasteiger partial charge in [-0.15, -0.1) is 24.0 Å². The van der Waals surface area contributed by atoms with E-state index < -0.39 is 5.60 Å². The molecule has 3 N–H and O–H groups in total. The van der Waals surface area contributed by atoms with Crippen LogP contribution in [-0.2, 0) is 0 Å². The molecular formula is C14H28IN3O. The van der Waals surface area contributed by atoms with Gasteiger partial charge in [-0.25, -0.2) is 0 Å². The van der Waals surface area contributed by atoms with Crippen LogP contribution in [0.25, 0.3) is 0 Å². The molecule has 0 bridgehead atoms. The Morgan fingerprint density at radius 2 is 1.89 bits per heavy atom. The molecule has 0 radical (unpaired) electrons. The van der Waals surface area contributed by atoms with Crippen LogP contribution in [0.1, 0.15) is 51.9 Å². The fourth-order valence-corrected chi connectivity index (χ4v) is 2.70. The van der Waals surface area contributed by atoms with Gasteiger partial charge in [-0.2, -0.15) is 0 Å². The largest absolute Gasteiger partial charge is 0.388 e. The van der Waals surface area contributed by atoms with Gasteiger partial charge in [0.25, 0.3) is 0 Å². The Bertz CT molecular complexity index is 286. The summed E-state index contributed by atoms with van der Waals surface area (Å²) in [6.07, 6.45) is 8.14. The van der Waals surface area contributed by atoms with Crippen LogP contribution in [0.15, 0.2) is 4.99 Å². The van der Waals surface area contributed by atoms with E-state index in [9.17, 15) is 5.11 Å². The van der Waals surface area contributed by atoms with Crippen molar-refractivity contribution in [2.45, 2.75) is 57.5 Å². The second kappa shape index (κ2) is 8.29. The zero-order valence-electron chi connectivity index (χ0n) is 12.0. The average molecular weight is 381 g/mol. The minimum absolute atomic E-state index is 0. The third kappa shape index (κ3) is 5.45. The van der Waals surface area contributed by atoms with Gasteiger partial charge in [0.05, 0.1) is 12.1 Å². The first-order valence-corrected chi connectivity index (χ1v) is 7.46. The van der Waals surface area contributed by atoms with Gasteiger partial charge < -0.3 is 15.7 Å². The number of halogens is 1. The highest BCUT2D eigenvalue weighted by atomic mass is 127. The van der Waals surface area contributed by atoms with E-state index in [2.05, 4.69) is 22.5 Å². The SMILES string of the molecule is CCNC(=NCC1(O)CCCC1)NCC1CCC1.I. The van der Waals surface area contributed by atoms with Crippen molar-refractivity contribution in [3.63, 3.8) is 0 Å². The Morgan fingerprint density at radius 3 is 2.42 bits per heavy atom. The molecule has 0 amide bonds. The van der Waals surface area contributed by atoms with Crippen molar-refractivity contribution in [3.8, 4) is 0 Å². The monoisotopic (exact) mass is 381 g/mol. The predicted molar refractivity (Wildman–Crippen MR) is 90.2 cm³/mol. The Hall–Kier alpha value is -0.0400.